The number of rotatable bonds is 5. The fraction of sp³-hybridized carbons (Fsp3) is 0.455. The van der Waals surface area contributed by atoms with Crippen molar-refractivity contribution < 1.29 is 9.53 Å². The van der Waals surface area contributed by atoms with E-state index in [-0.39, 0.29) is 12.0 Å². The zero-order valence-corrected chi connectivity index (χ0v) is 16.4. The van der Waals surface area contributed by atoms with Crippen LogP contribution < -0.4 is 15.5 Å². The van der Waals surface area contributed by atoms with E-state index in [4.69, 9.17) is 4.74 Å². The van der Waals surface area contributed by atoms with Crippen molar-refractivity contribution in [3.63, 3.8) is 0 Å². The minimum absolute atomic E-state index is 0.117. The lowest BCUT2D eigenvalue weighted by molar-refractivity contribution is -0.124. The second kappa shape index (κ2) is 8.61. The third-order valence-electron chi connectivity index (χ3n) is 5.54. The molecule has 0 spiro atoms. The normalized spacial score (nSPS) is 20.2. The van der Waals surface area contributed by atoms with Crippen LogP contribution >= 0.6 is 0 Å². The molecule has 0 aliphatic carbocycles. The van der Waals surface area contributed by atoms with Gasteiger partial charge in [-0.1, -0.05) is 6.92 Å². The van der Waals surface area contributed by atoms with Gasteiger partial charge in [0.05, 0.1) is 11.9 Å². The van der Waals surface area contributed by atoms with Crippen LogP contribution in [-0.2, 0) is 9.53 Å². The largest absolute Gasteiger partial charge is 0.372 e. The standard InChI is InChI=1S/C22H28N4O2/c1-16-10-12-26(13-11-16)19-7-4-17(5-8-19)24-18-6-9-21(23-15-18)25-22(27)20-3-2-14-28-20/h4-9,15-16,20,24H,2-3,10-14H2,1H3,(H,23,25,27). The summed E-state index contributed by atoms with van der Waals surface area (Å²) in [6, 6.07) is 12.3. The van der Waals surface area contributed by atoms with Crippen molar-refractivity contribution >= 4 is 28.8 Å². The molecule has 6 heteroatoms. The highest BCUT2D eigenvalue weighted by atomic mass is 16.5. The number of nitrogens with zero attached hydrogens (tertiary/aromatic N) is 2. The Morgan fingerprint density at radius 3 is 2.46 bits per heavy atom. The average Bonchev–Trinajstić information content (AvgIpc) is 3.26. The quantitative estimate of drug-likeness (QED) is 0.815. The van der Waals surface area contributed by atoms with Crippen molar-refractivity contribution in [1.82, 2.24) is 4.98 Å². The molecule has 0 bridgehead atoms. The van der Waals surface area contributed by atoms with E-state index in [0.717, 1.165) is 43.2 Å². The van der Waals surface area contributed by atoms with Crippen molar-refractivity contribution in [2.75, 3.05) is 35.2 Å². The molecule has 148 valence electrons. The van der Waals surface area contributed by atoms with E-state index >= 15 is 0 Å². The third-order valence-corrected chi connectivity index (χ3v) is 5.54. The van der Waals surface area contributed by atoms with Crippen molar-refractivity contribution in [2.24, 2.45) is 5.92 Å². The maximum atomic E-state index is 12.1. The van der Waals surface area contributed by atoms with Gasteiger partial charge in [0.1, 0.15) is 11.9 Å². The van der Waals surface area contributed by atoms with Crippen LogP contribution in [0.1, 0.15) is 32.6 Å². The molecule has 1 aromatic heterocycles. The molecule has 1 amide bonds. The SMILES string of the molecule is CC1CCN(c2ccc(Nc3ccc(NC(=O)C4CCCO4)nc3)cc2)CC1. The summed E-state index contributed by atoms with van der Waals surface area (Å²) in [5, 5.41) is 6.17. The van der Waals surface area contributed by atoms with Gasteiger partial charge in [0.15, 0.2) is 0 Å². The molecule has 6 nitrogen and oxygen atoms in total. The van der Waals surface area contributed by atoms with Gasteiger partial charge in [-0.3, -0.25) is 4.79 Å². The van der Waals surface area contributed by atoms with Crippen LogP contribution in [-0.4, -0.2) is 36.7 Å². The topological polar surface area (TPSA) is 66.5 Å². The molecule has 2 fully saturated rings. The molecule has 2 aliphatic rings. The van der Waals surface area contributed by atoms with Crippen molar-refractivity contribution in [2.45, 2.75) is 38.7 Å². The van der Waals surface area contributed by atoms with Crippen LogP contribution in [0.15, 0.2) is 42.6 Å². The summed E-state index contributed by atoms with van der Waals surface area (Å²) in [7, 11) is 0. The number of nitrogens with one attached hydrogen (secondary N) is 2. The molecule has 2 N–H and O–H groups in total. The van der Waals surface area contributed by atoms with Crippen LogP contribution in [0.2, 0.25) is 0 Å². The van der Waals surface area contributed by atoms with E-state index in [1.807, 2.05) is 6.07 Å². The summed E-state index contributed by atoms with van der Waals surface area (Å²) in [5.74, 6) is 1.26. The Hall–Kier alpha value is -2.60. The minimum Gasteiger partial charge on any atom is -0.372 e. The molecule has 4 rings (SSSR count). The monoisotopic (exact) mass is 380 g/mol. The first kappa shape index (κ1) is 18.7. The summed E-state index contributed by atoms with van der Waals surface area (Å²) in [6.07, 6.45) is 5.62. The summed E-state index contributed by atoms with van der Waals surface area (Å²) in [6.45, 7) is 5.26. The van der Waals surface area contributed by atoms with Crippen molar-refractivity contribution in [3.05, 3.63) is 42.6 Å². The van der Waals surface area contributed by atoms with Crippen LogP contribution in [0.5, 0.6) is 0 Å². The highest BCUT2D eigenvalue weighted by molar-refractivity contribution is 5.93. The first-order valence-electron chi connectivity index (χ1n) is 10.2. The molecule has 2 saturated heterocycles. The number of amides is 1. The van der Waals surface area contributed by atoms with Gasteiger partial charge in [-0.25, -0.2) is 4.98 Å². The molecule has 2 aliphatic heterocycles. The second-order valence-corrected chi connectivity index (χ2v) is 7.76. The van der Waals surface area contributed by atoms with Gasteiger partial charge < -0.3 is 20.3 Å². The number of anilines is 4. The van der Waals surface area contributed by atoms with E-state index in [0.29, 0.717) is 12.4 Å². The highest BCUT2D eigenvalue weighted by Crippen LogP contribution is 2.25. The molecule has 0 radical (unpaired) electrons. The van der Waals surface area contributed by atoms with Gasteiger partial charge in [-0.15, -0.1) is 0 Å². The molecular weight excluding hydrogens is 352 g/mol. The molecule has 2 aromatic rings. The van der Waals surface area contributed by atoms with Gasteiger partial charge >= 0.3 is 0 Å². The van der Waals surface area contributed by atoms with Crippen LogP contribution in [0, 0.1) is 5.92 Å². The zero-order valence-electron chi connectivity index (χ0n) is 16.4. The lowest BCUT2D eigenvalue weighted by Gasteiger charge is -2.32. The number of pyridine rings is 1. The number of benzene rings is 1. The predicted octanol–water partition coefficient (Wildman–Crippen LogP) is 4.18. The minimum atomic E-state index is -0.346. The Labute approximate surface area is 166 Å². The Kier molecular flexibility index (Phi) is 5.76. The molecule has 1 aromatic carbocycles. The third kappa shape index (κ3) is 4.62. The number of hydrogen-bond donors (Lipinski definition) is 2. The van der Waals surface area contributed by atoms with Crippen molar-refractivity contribution in [3.8, 4) is 0 Å². The van der Waals surface area contributed by atoms with Gasteiger partial charge in [0.25, 0.3) is 5.91 Å². The van der Waals surface area contributed by atoms with Crippen molar-refractivity contribution in [1.29, 1.82) is 0 Å². The van der Waals surface area contributed by atoms with E-state index in [1.54, 1.807) is 12.3 Å². The first-order chi connectivity index (χ1) is 13.7. The van der Waals surface area contributed by atoms with Gasteiger partial charge in [0, 0.05) is 31.1 Å². The Morgan fingerprint density at radius 1 is 1.07 bits per heavy atom. The molecule has 1 unspecified atom stereocenters. The molecule has 3 heterocycles. The molecule has 1 atom stereocenters. The molecule has 0 saturated carbocycles. The highest BCUT2D eigenvalue weighted by Gasteiger charge is 2.23. The van der Waals surface area contributed by atoms with Crippen LogP contribution in [0.25, 0.3) is 0 Å². The Balaban J connectivity index is 1.32. The number of hydrogen-bond acceptors (Lipinski definition) is 5. The predicted molar refractivity (Wildman–Crippen MR) is 112 cm³/mol. The van der Waals surface area contributed by atoms with E-state index < -0.39 is 0 Å². The number of ether oxygens (including phenoxy) is 1. The molecule has 28 heavy (non-hydrogen) atoms. The van der Waals surface area contributed by atoms with E-state index in [1.165, 1.54) is 18.5 Å². The lowest BCUT2D eigenvalue weighted by atomic mass is 9.99. The van der Waals surface area contributed by atoms with Gasteiger partial charge in [-0.05, 0) is 68.0 Å². The molecular formula is C22H28N4O2. The van der Waals surface area contributed by atoms with Gasteiger partial charge in [0.2, 0.25) is 0 Å². The first-order valence-corrected chi connectivity index (χ1v) is 10.2. The maximum absolute atomic E-state index is 12.1. The number of piperidine rings is 1. The van der Waals surface area contributed by atoms with E-state index in [2.05, 4.69) is 51.7 Å². The maximum Gasteiger partial charge on any atom is 0.254 e. The zero-order chi connectivity index (χ0) is 19.3. The van der Waals surface area contributed by atoms with Crippen LogP contribution in [0.4, 0.5) is 22.9 Å². The summed E-state index contributed by atoms with van der Waals surface area (Å²) in [5.41, 5.74) is 3.18. The fourth-order valence-electron chi connectivity index (χ4n) is 3.72. The smallest absolute Gasteiger partial charge is 0.254 e. The van der Waals surface area contributed by atoms with E-state index in [9.17, 15) is 4.79 Å². The fourth-order valence-corrected chi connectivity index (χ4v) is 3.72. The van der Waals surface area contributed by atoms with Crippen LogP contribution in [0.3, 0.4) is 0 Å². The number of carbonyl (C=O) groups is 1. The summed E-state index contributed by atoms with van der Waals surface area (Å²) in [4.78, 5) is 18.9. The lowest BCUT2D eigenvalue weighted by Crippen LogP contribution is -2.32. The summed E-state index contributed by atoms with van der Waals surface area (Å²) >= 11 is 0. The summed E-state index contributed by atoms with van der Waals surface area (Å²) < 4.78 is 5.39. The Morgan fingerprint density at radius 2 is 1.82 bits per heavy atom. The Bertz CT molecular complexity index is 777. The average molecular weight is 380 g/mol. The number of aromatic nitrogens is 1. The second-order valence-electron chi connectivity index (χ2n) is 7.76. The van der Waals surface area contributed by atoms with Gasteiger partial charge in [-0.2, -0.15) is 0 Å². The number of carbonyl (C=O) groups excluding carboxylic acids is 1.